The summed E-state index contributed by atoms with van der Waals surface area (Å²) in [5.74, 6) is 2.58. The summed E-state index contributed by atoms with van der Waals surface area (Å²) in [7, 11) is 0. The molecule has 0 bridgehead atoms. The molecule has 2 nitrogen and oxygen atoms in total. The van der Waals surface area contributed by atoms with E-state index in [1.165, 1.54) is 87.4 Å². The first-order chi connectivity index (χ1) is 14.8. The number of aromatic nitrogens is 1. The zero-order valence-electron chi connectivity index (χ0n) is 19.2. The Morgan fingerprint density at radius 2 is 1.47 bits per heavy atom. The van der Waals surface area contributed by atoms with Gasteiger partial charge in [-0.2, -0.15) is 0 Å². The van der Waals surface area contributed by atoms with Crippen molar-refractivity contribution < 1.29 is 4.74 Å². The summed E-state index contributed by atoms with van der Waals surface area (Å²) in [6, 6.07) is 13.0. The Morgan fingerprint density at radius 1 is 0.767 bits per heavy atom. The molecule has 1 aromatic carbocycles. The molecule has 3 rings (SSSR count). The van der Waals surface area contributed by atoms with E-state index in [4.69, 9.17) is 9.72 Å². The van der Waals surface area contributed by atoms with Gasteiger partial charge in [-0.3, -0.25) is 4.98 Å². The van der Waals surface area contributed by atoms with Gasteiger partial charge in [0.2, 0.25) is 0 Å². The predicted molar refractivity (Wildman–Crippen MR) is 128 cm³/mol. The van der Waals surface area contributed by atoms with E-state index in [1.54, 1.807) is 0 Å². The Kier molecular flexibility index (Phi) is 9.73. The molecule has 0 aliphatic heterocycles. The monoisotopic (exact) mass is 407 g/mol. The number of nitrogens with zero attached hydrogens (tertiary/aromatic N) is 1. The molecule has 1 heterocycles. The largest absolute Gasteiger partial charge is 0.494 e. The summed E-state index contributed by atoms with van der Waals surface area (Å²) in [6.07, 6.45) is 18.1. The van der Waals surface area contributed by atoms with Crippen molar-refractivity contribution in [2.45, 2.75) is 96.8 Å². The zero-order chi connectivity index (χ0) is 21.0. The molecule has 1 aliphatic rings. The molecular weight excluding hydrogens is 366 g/mol. The van der Waals surface area contributed by atoms with Crippen LogP contribution in [0.2, 0.25) is 0 Å². The third-order valence-corrected chi connectivity index (χ3v) is 6.72. The molecule has 2 heteroatoms. The van der Waals surface area contributed by atoms with E-state index in [2.05, 4.69) is 56.4 Å². The first-order valence-electron chi connectivity index (χ1n) is 12.5. The van der Waals surface area contributed by atoms with Gasteiger partial charge >= 0.3 is 0 Å². The number of benzene rings is 1. The molecule has 1 saturated carbocycles. The second-order valence-electron chi connectivity index (χ2n) is 9.12. The highest BCUT2D eigenvalue weighted by atomic mass is 16.5. The lowest BCUT2D eigenvalue weighted by Gasteiger charge is -2.28. The van der Waals surface area contributed by atoms with Gasteiger partial charge in [0.25, 0.3) is 0 Å². The van der Waals surface area contributed by atoms with E-state index in [0.29, 0.717) is 5.92 Å². The fourth-order valence-corrected chi connectivity index (χ4v) is 4.71. The molecule has 0 amide bonds. The average molecular weight is 408 g/mol. The van der Waals surface area contributed by atoms with Crippen LogP contribution in [0.3, 0.4) is 0 Å². The van der Waals surface area contributed by atoms with Gasteiger partial charge in [0.15, 0.2) is 0 Å². The fourth-order valence-electron chi connectivity index (χ4n) is 4.71. The van der Waals surface area contributed by atoms with Crippen LogP contribution in [0.5, 0.6) is 5.75 Å². The van der Waals surface area contributed by atoms with Gasteiger partial charge in [-0.1, -0.05) is 77.0 Å². The van der Waals surface area contributed by atoms with Gasteiger partial charge in [0.05, 0.1) is 6.61 Å². The van der Waals surface area contributed by atoms with E-state index in [-0.39, 0.29) is 0 Å². The fraction of sp³-hybridized carbons (Fsp3) is 0.607. The molecule has 1 aliphatic carbocycles. The van der Waals surface area contributed by atoms with Crippen molar-refractivity contribution in [2.75, 3.05) is 6.61 Å². The molecule has 1 aromatic heterocycles. The molecule has 0 N–H and O–H groups in total. The lowest BCUT2D eigenvalue weighted by molar-refractivity contribution is 0.299. The van der Waals surface area contributed by atoms with E-state index in [1.807, 2.05) is 0 Å². The molecule has 30 heavy (non-hydrogen) atoms. The van der Waals surface area contributed by atoms with Gasteiger partial charge in [-0.25, -0.2) is 0 Å². The quantitative estimate of drug-likeness (QED) is 0.329. The Labute approximate surface area is 184 Å². The SMILES string of the molecule is CCCCCC[C@H]1CC[C@H](c2ccc(-c3ccc(OCCCCC)cc3)cn2)CC1. The smallest absolute Gasteiger partial charge is 0.119 e. The third kappa shape index (κ3) is 7.15. The van der Waals surface area contributed by atoms with Crippen LogP contribution in [0.1, 0.15) is 103 Å². The van der Waals surface area contributed by atoms with E-state index < -0.39 is 0 Å². The lowest BCUT2D eigenvalue weighted by atomic mass is 9.78. The molecule has 0 unspecified atom stereocenters. The number of unbranched alkanes of at least 4 members (excludes halogenated alkanes) is 5. The normalized spacial score (nSPS) is 19.0. The van der Waals surface area contributed by atoms with Gasteiger partial charge in [-0.15, -0.1) is 0 Å². The number of hydrogen-bond donors (Lipinski definition) is 0. The van der Waals surface area contributed by atoms with Crippen molar-refractivity contribution in [1.29, 1.82) is 0 Å². The van der Waals surface area contributed by atoms with Crippen LogP contribution in [0, 0.1) is 5.92 Å². The van der Waals surface area contributed by atoms with Crippen LogP contribution >= 0.6 is 0 Å². The number of rotatable bonds is 12. The highest BCUT2D eigenvalue weighted by molar-refractivity contribution is 5.63. The zero-order valence-corrected chi connectivity index (χ0v) is 19.2. The summed E-state index contributed by atoms with van der Waals surface area (Å²) in [5.41, 5.74) is 3.70. The molecular formula is C28H41NO. The van der Waals surface area contributed by atoms with Gasteiger partial charge < -0.3 is 4.74 Å². The first-order valence-corrected chi connectivity index (χ1v) is 12.5. The van der Waals surface area contributed by atoms with Gasteiger partial charge in [-0.05, 0) is 61.8 Å². The summed E-state index contributed by atoms with van der Waals surface area (Å²) >= 11 is 0. The molecule has 0 atom stereocenters. The minimum Gasteiger partial charge on any atom is -0.494 e. The minimum atomic E-state index is 0.657. The topological polar surface area (TPSA) is 22.1 Å². The molecule has 1 fully saturated rings. The summed E-state index contributed by atoms with van der Waals surface area (Å²) < 4.78 is 5.83. The van der Waals surface area contributed by atoms with Crippen molar-refractivity contribution in [2.24, 2.45) is 5.92 Å². The first kappa shape index (κ1) is 22.8. The second-order valence-corrected chi connectivity index (χ2v) is 9.12. The Balaban J connectivity index is 1.46. The Hall–Kier alpha value is -1.83. The van der Waals surface area contributed by atoms with E-state index >= 15 is 0 Å². The van der Waals surface area contributed by atoms with Gasteiger partial charge in [0.1, 0.15) is 5.75 Å². The van der Waals surface area contributed by atoms with Crippen LogP contribution in [0.15, 0.2) is 42.6 Å². The number of ether oxygens (including phenoxy) is 1. The third-order valence-electron chi connectivity index (χ3n) is 6.72. The standard InChI is InChI=1S/C28H41NO/c1-3-5-7-8-10-23-11-13-25(14-12-23)28-20-17-26(22-29-28)24-15-18-27(19-16-24)30-21-9-6-4-2/h15-20,22-23,25H,3-14,21H2,1-2H3/t23-,25-. The average Bonchev–Trinajstić information content (AvgIpc) is 2.81. The number of pyridine rings is 1. The molecule has 0 radical (unpaired) electrons. The van der Waals surface area contributed by atoms with Crippen LogP contribution < -0.4 is 4.74 Å². The second kappa shape index (κ2) is 12.8. The minimum absolute atomic E-state index is 0.657. The Morgan fingerprint density at radius 3 is 2.13 bits per heavy atom. The summed E-state index contributed by atoms with van der Waals surface area (Å²) in [4.78, 5) is 4.85. The van der Waals surface area contributed by atoms with Crippen molar-refractivity contribution in [1.82, 2.24) is 4.98 Å². The van der Waals surface area contributed by atoms with E-state index in [9.17, 15) is 0 Å². The lowest BCUT2D eigenvalue weighted by Crippen LogP contribution is -2.14. The molecule has 0 saturated heterocycles. The molecule has 164 valence electrons. The highest BCUT2D eigenvalue weighted by Crippen LogP contribution is 2.37. The predicted octanol–water partition coefficient (Wildman–Crippen LogP) is 8.56. The van der Waals surface area contributed by atoms with E-state index in [0.717, 1.165) is 24.7 Å². The summed E-state index contributed by atoms with van der Waals surface area (Å²) in [5, 5.41) is 0. The van der Waals surface area contributed by atoms with Crippen LogP contribution in [-0.2, 0) is 0 Å². The van der Waals surface area contributed by atoms with Crippen LogP contribution in [0.4, 0.5) is 0 Å². The number of hydrogen-bond acceptors (Lipinski definition) is 2. The maximum atomic E-state index is 5.83. The van der Waals surface area contributed by atoms with Crippen molar-refractivity contribution >= 4 is 0 Å². The molecule has 2 aromatic rings. The maximum Gasteiger partial charge on any atom is 0.119 e. The highest BCUT2D eigenvalue weighted by Gasteiger charge is 2.22. The Bertz CT molecular complexity index is 698. The van der Waals surface area contributed by atoms with Crippen molar-refractivity contribution in [3.63, 3.8) is 0 Å². The van der Waals surface area contributed by atoms with Gasteiger partial charge in [0, 0.05) is 23.4 Å². The van der Waals surface area contributed by atoms with Crippen molar-refractivity contribution in [3.8, 4) is 16.9 Å². The van der Waals surface area contributed by atoms with Crippen LogP contribution in [0.25, 0.3) is 11.1 Å². The summed E-state index contributed by atoms with van der Waals surface area (Å²) in [6.45, 7) is 5.32. The molecule has 0 spiro atoms. The van der Waals surface area contributed by atoms with Crippen LogP contribution in [-0.4, -0.2) is 11.6 Å². The maximum absolute atomic E-state index is 5.83. The van der Waals surface area contributed by atoms with Crippen molar-refractivity contribution in [3.05, 3.63) is 48.3 Å².